The first-order chi connectivity index (χ1) is 12.1. The Morgan fingerprint density at radius 3 is 2.88 bits per heavy atom. The number of Topliss-reactive ketones (excluding diaryl/α,β-unsaturated/α-hetero) is 1. The molecule has 0 spiro atoms. The summed E-state index contributed by atoms with van der Waals surface area (Å²) >= 11 is 5.96. The number of ketones is 1. The highest BCUT2D eigenvalue weighted by molar-refractivity contribution is 6.30. The van der Waals surface area contributed by atoms with Crippen LogP contribution in [0.1, 0.15) is 28.7 Å². The maximum absolute atomic E-state index is 11.5. The van der Waals surface area contributed by atoms with Gasteiger partial charge in [0.25, 0.3) is 0 Å². The molecule has 0 unspecified atom stereocenters. The van der Waals surface area contributed by atoms with E-state index < -0.39 is 0 Å². The third kappa shape index (κ3) is 3.84. The summed E-state index contributed by atoms with van der Waals surface area (Å²) in [4.78, 5) is 15.8. The van der Waals surface area contributed by atoms with Gasteiger partial charge in [0.2, 0.25) is 11.7 Å². The van der Waals surface area contributed by atoms with E-state index in [-0.39, 0.29) is 12.3 Å². The zero-order valence-electron chi connectivity index (χ0n) is 13.3. The second-order valence-corrected chi connectivity index (χ2v) is 5.74. The first kappa shape index (κ1) is 16.7. The van der Waals surface area contributed by atoms with Crippen molar-refractivity contribution in [1.82, 2.24) is 10.1 Å². The molecule has 124 valence electrons. The quantitative estimate of drug-likeness (QED) is 0.696. The summed E-state index contributed by atoms with van der Waals surface area (Å²) in [5.41, 5.74) is 2.24. The Bertz CT molecular complexity index is 975. The molecule has 2 aromatic carbocycles. The van der Waals surface area contributed by atoms with Gasteiger partial charge in [-0.2, -0.15) is 10.2 Å². The number of anilines is 1. The van der Waals surface area contributed by atoms with Crippen molar-refractivity contribution in [2.45, 2.75) is 13.5 Å². The highest BCUT2D eigenvalue weighted by Gasteiger charge is 2.11. The van der Waals surface area contributed by atoms with E-state index in [1.165, 1.54) is 6.92 Å². The van der Waals surface area contributed by atoms with Crippen LogP contribution in [-0.4, -0.2) is 15.9 Å². The molecule has 1 aromatic heterocycles. The number of hydrogen-bond acceptors (Lipinski definition) is 6. The Labute approximate surface area is 149 Å². The van der Waals surface area contributed by atoms with Crippen LogP contribution in [0.2, 0.25) is 5.02 Å². The Balaban J connectivity index is 1.78. The predicted octanol–water partition coefficient (Wildman–Crippen LogP) is 4.08. The van der Waals surface area contributed by atoms with Crippen molar-refractivity contribution in [2.75, 3.05) is 5.32 Å². The molecule has 0 saturated carbocycles. The number of aromatic nitrogens is 2. The largest absolute Gasteiger partial charge is 0.375 e. The lowest BCUT2D eigenvalue weighted by molar-refractivity contribution is 0.101. The first-order valence-corrected chi connectivity index (χ1v) is 7.82. The number of rotatable bonds is 5. The Morgan fingerprint density at radius 2 is 2.16 bits per heavy atom. The summed E-state index contributed by atoms with van der Waals surface area (Å²) in [5.74, 6) is 0.706. The fraction of sp³-hybridized carbons (Fsp3) is 0.111. The van der Waals surface area contributed by atoms with Gasteiger partial charge >= 0.3 is 0 Å². The molecule has 1 N–H and O–H groups in total. The van der Waals surface area contributed by atoms with Gasteiger partial charge < -0.3 is 9.84 Å². The molecule has 0 bridgehead atoms. The smallest absolute Gasteiger partial charge is 0.246 e. The summed E-state index contributed by atoms with van der Waals surface area (Å²) in [6, 6.07) is 14.1. The van der Waals surface area contributed by atoms with E-state index in [1.807, 2.05) is 6.07 Å². The molecule has 0 amide bonds. The molecule has 3 rings (SSSR count). The topological polar surface area (TPSA) is 91.8 Å². The normalized spacial score (nSPS) is 10.3. The van der Waals surface area contributed by atoms with Gasteiger partial charge in [0.05, 0.1) is 17.8 Å². The lowest BCUT2D eigenvalue weighted by Crippen LogP contribution is -2.03. The molecule has 0 aliphatic rings. The van der Waals surface area contributed by atoms with Crippen LogP contribution in [0.4, 0.5) is 5.69 Å². The summed E-state index contributed by atoms with van der Waals surface area (Å²) in [5, 5.41) is 16.7. The molecule has 3 aromatic rings. The van der Waals surface area contributed by atoms with Crippen molar-refractivity contribution in [2.24, 2.45) is 0 Å². The number of nitriles is 1. The maximum atomic E-state index is 11.5. The van der Waals surface area contributed by atoms with Crippen LogP contribution in [0.15, 0.2) is 47.0 Å². The molecule has 0 aliphatic carbocycles. The van der Waals surface area contributed by atoms with E-state index in [2.05, 4.69) is 21.5 Å². The number of halogens is 1. The SMILES string of the molecule is CC(=O)c1ccc(C#N)c(NCc2nc(-c3cccc(Cl)c3)no2)c1. The third-order valence-corrected chi connectivity index (χ3v) is 3.76. The van der Waals surface area contributed by atoms with Crippen molar-refractivity contribution < 1.29 is 9.32 Å². The van der Waals surface area contributed by atoms with Gasteiger partial charge in [-0.1, -0.05) is 28.9 Å². The van der Waals surface area contributed by atoms with Crippen LogP contribution in [0, 0.1) is 11.3 Å². The molecule has 6 nitrogen and oxygen atoms in total. The van der Waals surface area contributed by atoms with Crippen LogP contribution in [0.25, 0.3) is 11.4 Å². The van der Waals surface area contributed by atoms with Crippen molar-refractivity contribution in [3.63, 3.8) is 0 Å². The Kier molecular flexibility index (Phi) is 4.78. The van der Waals surface area contributed by atoms with Gasteiger partial charge in [-0.15, -0.1) is 0 Å². The zero-order chi connectivity index (χ0) is 17.8. The van der Waals surface area contributed by atoms with Crippen molar-refractivity contribution in [3.8, 4) is 17.5 Å². The summed E-state index contributed by atoms with van der Waals surface area (Å²) in [7, 11) is 0. The van der Waals surface area contributed by atoms with Gasteiger partial charge in [-0.05, 0) is 37.3 Å². The number of nitrogens with zero attached hydrogens (tertiary/aromatic N) is 3. The van der Waals surface area contributed by atoms with E-state index in [4.69, 9.17) is 16.1 Å². The summed E-state index contributed by atoms with van der Waals surface area (Å²) in [6.07, 6.45) is 0. The maximum Gasteiger partial charge on any atom is 0.246 e. The Morgan fingerprint density at radius 1 is 1.32 bits per heavy atom. The highest BCUT2D eigenvalue weighted by atomic mass is 35.5. The van der Waals surface area contributed by atoms with Gasteiger partial charge in [0.1, 0.15) is 6.07 Å². The monoisotopic (exact) mass is 352 g/mol. The molecule has 1 heterocycles. The van der Waals surface area contributed by atoms with Crippen LogP contribution in [0.5, 0.6) is 0 Å². The lowest BCUT2D eigenvalue weighted by Gasteiger charge is -2.07. The molecule has 25 heavy (non-hydrogen) atoms. The third-order valence-electron chi connectivity index (χ3n) is 3.53. The van der Waals surface area contributed by atoms with Gasteiger partial charge in [-0.25, -0.2) is 0 Å². The fourth-order valence-corrected chi connectivity index (χ4v) is 2.44. The lowest BCUT2D eigenvalue weighted by atomic mass is 10.1. The predicted molar refractivity (Wildman–Crippen MR) is 93.2 cm³/mol. The van der Waals surface area contributed by atoms with E-state index >= 15 is 0 Å². The van der Waals surface area contributed by atoms with Crippen molar-refractivity contribution >= 4 is 23.1 Å². The molecular weight excluding hydrogens is 340 g/mol. The minimum absolute atomic E-state index is 0.0754. The van der Waals surface area contributed by atoms with E-state index in [1.54, 1.807) is 36.4 Å². The number of carbonyl (C=O) groups excluding carboxylic acids is 1. The van der Waals surface area contributed by atoms with Crippen LogP contribution >= 0.6 is 11.6 Å². The number of benzene rings is 2. The van der Waals surface area contributed by atoms with E-state index in [0.717, 1.165) is 5.56 Å². The molecule has 0 fully saturated rings. The van der Waals surface area contributed by atoms with Gasteiger partial charge in [0.15, 0.2) is 5.78 Å². The second-order valence-electron chi connectivity index (χ2n) is 5.30. The average Bonchev–Trinajstić information content (AvgIpc) is 3.08. The molecule has 0 saturated heterocycles. The van der Waals surface area contributed by atoms with Gasteiger partial charge in [-0.3, -0.25) is 4.79 Å². The first-order valence-electron chi connectivity index (χ1n) is 7.44. The number of hydrogen-bond donors (Lipinski definition) is 1. The molecule has 0 atom stereocenters. The average molecular weight is 353 g/mol. The zero-order valence-corrected chi connectivity index (χ0v) is 14.0. The Hall–Kier alpha value is -3.17. The summed E-state index contributed by atoms with van der Waals surface area (Å²) < 4.78 is 5.22. The van der Waals surface area contributed by atoms with E-state index in [0.29, 0.717) is 33.6 Å². The minimum Gasteiger partial charge on any atom is -0.375 e. The van der Waals surface area contributed by atoms with Crippen LogP contribution < -0.4 is 5.32 Å². The highest BCUT2D eigenvalue weighted by Crippen LogP contribution is 2.21. The molecule has 7 heteroatoms. The minimum atomic E-state index is -0.0754. The summed E-state index contributed by atoms with van der Waals surface area (Å²) in [6.45, 7) is 1.70. The van der Waals surface area contributed by atoms with Crippen LogP contribution in [-0.2, 0) is 6.54 Å². The second kappa shape index (κ2) is 7.16. The standard InChI is InChI=1S/C18H13ClN4O2/c1-11(24)12-5-6-14(9-20)16(8-12)21-10-17-22-18(23-25-17)13-3-2-4-15(19)7-13/h2-8,21H,10H2,1H3. The molecular formula is C18H13ClN4O2. The molecule has 0 radical (unpaired) electrons. The molecule has 0 aliphatic heterocycles. The number of carbonyl (C=O) groups is 1. The van der Waals surface area contributed by atoms with Gasteiger partial charge in [0, 0.05) is 16.1 Å². The van der Waals surface area contributed by atoms with E-state index in [9.17, 15) is 10.1 Å². The van der Waals surface area contributed by atoms with Crippen LogP contribution in [0.3, 0.4) is 0 Å². The van der Waals surface area contributed by atoms with Crippen molar-refractivity contribution in [3.05, 3.63) is 64.5 Å². The fourth-order valence-electron chi connectivity index (χ4n) is 2.25. The number of nitrogens with one attached hydrogen (secondary N) is 1. The van der Waals surface area contributed by atoms with Crippen molar-refractivity contribution in [1.29, 1.82) is 5.26 Å².